The lowest BCUT2D eigenvalue weighted by Gasteiger charge is -2.28. The minimum atomic E-state index is -0.342. The molecule has 0 saturated carbocycles. The highest BCUT2D eigenvalue weighted by molar-refractivity contribution is 8.09. The molecule has 30 heavy (non-hydrogen) atoms. The monoisotopic (exact) mass is 435 g/mol. The second-order valence-corrected chi connectivity index (χ2v) is 8.76. The van der Waals surface area contributed by atoms with Gasteiger partial charge in [-0.25, -0.2) is 5.48 Å². The first kappa shape index (κ1) is 24.1. The van der Waals surface area contributed by atoms with E-state index in [9.17, 15) is 9.59 Å². The molecule has 0 radical (unpaired) electrons. The molecule has 0 spiro atoms. The lowest BCUT2D eigenvalue weighted by atomic mass is 10.1. The molecule has 7 nitrogen and oxygen atoms in total. The van der Waals surface area contributed by atoms with Crippen LogP contribution in [0.3, 0.4) is 0 Å². The van der Waals surface area contributed by atoms with Gasteiger partial charge in [-0.15, -0.1) is 0 Å². The average Bonchev–Trinajstić information content (AvgIpc) is 3.05. The Labute approximate surface area is 183 Å². The van der Waals surface area contributed by atoms with Crippen LogP contribution in [0, 0.1) is 5.92 Å². The third-order valence-electron chi connectivity index (χ3n) is 5.09. The van der Waals surface area contributed by atoms with Crippen molar-refractivity contribution in [2.45, 2.75) is 58.4 Å². The summed E-state index contributed by atoms with van der Waals surface area (Å²) in [6.07, 6.45) is 3.95. The second-order valence-electron chi connectivity index (χ2n) is 7.67. The van der Waals surface area contributed by atoms with Gasteiger partial charge in [0, 0.05) is 29.5 Å². The minimum Gasteiger partial charge on any atom is -0.497 e. The summed E-state index contributed by atoms with van der Waals surface area (Å²) >= 11 is 1.67. The molecule has 1 atom stereocenters. The third kappa shape index (κ3) is 6.67. The maximum absolute atomic E-state index is 12.3. The van der Waals surface area contributed by atoms with Crippen molar-refractivity contribution in [3.05, 3.63) is 35.5 Å². The number of allylic oxidation sites excluding steroid dienone is 1. The van der Waals surface area contributed by atoms with Crippen LogP contribution in [0.1, 0.15) is 58.4 Å². The van der Waals surface area contributed by atoms with E-state index >= 15 is 0 Å². The van der Waals surface area contributed by atoms with E-state index < -0.39 is 0 Å². The first-order chi connectivity index (χ1) is 14.4. The number of hydroxylamine groups is 1. The lowest BCUT2D eigenvalue weighted by Crippen LogP contribution is -2.44. The quantitative estimate of drug-likeness (QED) is 0.277. The summed E-state index contributed by atoms with van der Waals surface area (Å²) in [7, 11) is 1.65. The fourth-order valence-electron chi connectivity index (χ4n) is 3.24. The smallest absolute Gasteiger partial charge is 0.243 e. The Kier molecular flexibility index (Phi) is 9.52. The summed E-state index contributed by atoms with van der Waals surface area (Å²) in [5.41, 5.74) is 3.80. The highest BCUT2D eigenvalue weighted by atomic mass is 32.2. The number of thioether (sulfide) groups is 1. The zero-order valence-electron chi connectivity index (χ0n) is 18.2. The number of unbranched alkanes of at least 4 members (excludes halogenated alkanes) is 3. The molecule has 0 saturated heterocycles. The number of carbonyl (C=O) groups is 2. The van der Waals surface area contributed by atoms with Gasteiger partial charge in [0.2, 0.25) is 11.8 Å². The standard InChI is InChI=1S/C22H33N3O4S/c1-15(2)21(27)23-22-25(14-8-6-5-7-9-19(26)24-28)16(3)20(30-22)17-10-12-18(29-4)13-11-17/h10-13,15,22,28H,5-9,14H2,1-4H3,(H,23,27)(H,24,26). The van der Waals surface area contributed by atoms with Crippen molar-refractivity contribution in [1.29, 1.82) is 0 Å². The van der Waals surface area contributed by atoms with E-state index in [1.165, 1.54) is 0 Å². The molecule has 1 heterocycles. The van der Waals surface area contributed by atoms with Crippen LogP contribution in [0.4, 0.5) is 0 Å². The first-order valence-electron chi connectivity index (χ1n) is 10.4. The van der Waals surface area contributed by atoms with E-state index in [-0.39, 0.29) is 23.2 Å². The normalized spacial score (nSPS) is 16.2. The van der Waals surface area contributed by atoms with Crippen LogP contribution in [-0.2, 0) is 9.59 Å². The van der Waals surface area contributed by atoms with Crippen molar-refractivity contribution in [3.63, 3.8) is 0 Å². The molecule has 1 unspecified atom stereocenters. The van der Waals surface area contributed by atoms with E-state index in [1.807, 2.05) is 38.1 Å². The van der Waals surface area contributed by atoms with Gasteiger partial charge in [0.05, 0.1) is 7.11 Å². The average molecular weight is 436 g/mol. The highest BCUT2D eigenvalue weighted by Gasteiger charge is 2.32. The summed E-state index contributed by atoms with van der Waals surface area (Å²) in [6, 6.07) is 7.98. The zero-order valence-corrected chi connectivity index (χ0v) is 19.1. The Bertz CT molecular complexity index is 749. The molecule has 3 N–H and O–H groups in total. The topological polar surface area (TPSA) is 90.9 Å². The summed E-state index contributed by atoms with van der Waals surface area (Å²) in [6.45, 7) is 6.71. The maximum atomic E-state index is 12.3. The van der Waals surface area contributed by atoms with Crippen LogP contribution in [0.2, 0.25) is 0 Å². The van der Waals surface area contributed by atoms with Gasteiger partial charge < -0.3 is 15.0 Å². The molecular weight excluding hydrogens is 402 g/mol. The molecule has 0 bridgehead atoms. The van der Waals surface area contributed by atoms with Crippen LogP contribution in [0.25, 0.3) is 4.91 Å². The Balaban J connectivity index is 2.03. The largest absolute Gasteiger partial charge is 0.497 e. The Morgan fingerprint density at radius 1 is 1.17 bits per heavy atom. The van der Waals surface area contributed by atoms with Gasteiger partial charge in [-0.2, -0.15) is 0 Å². The molecule has 0 aromatic heterocycles. The minimum absolute atomic E-state index is 0.0382. The summed E-state index contributed by atoms with van der Waals surface area (Å²) in [5, 5.41) is 11.7. The lowest BCUT2D eigenvalue weighted by molar-refractivity contribution is -0.129. The van der Waals surface area contributed by atoms with Gasteiger partial charge in [0.1, 0.15) is 5.75 Å². The summed E-state index contributed by atoms with van der Waals surface area (Å²) in [5.74, 6) is 0.438. The molecule has 1 aromatic rings. The van der Waals surface area contributed by atoms with Gasteiger partial charge in [-0.3, -0.25) is 14.8 Å². The molecule has 0 fully saturated rings. The highest BCUT2D eigenvalue weighted by Crippen LogP contribution is 2.43. The van der Waals surface area contributed by atoms with Crippen molar-refractivity contribution >= 4 is 28.5 Å². The van der Waals surface area contributed by atoms with Crippen LogP contribution in [0.15, 0.2) is 30.0 Å². The molecule has 2 rings (SSSR count). The van der Waals surface area contributed by atoms with E-state index in [2.05, 4.69) is 17.1 Å². The van der Waals surface area contributed by atoms with Gasteiger partial charge in [-0.05, 0) is 37.5 Å². The van der Waals surface area contributed by atoms with E-state index in [0.717, 1.165) is 54.1 Å². The maximum Gasteiger partial charge on any atom is 0.243 e. The van der Waals surface area contributed by atoms with Gasteiger partial charge in [0.15, 0.2) is 5.50 Å². The fourth-order valence-corrected chi connectivity index (χ4v) is 4.59. The van der Waals surface area contributed by atoms with Crippen LogP contribution >= 0.6 is 11.8 Å². The number of rotatable bonds is 11. The first-order valence-corrected chi connectivity index (χ1v) is 11.3. The number of methoxy groups -OCH3 is 1. The van der Waals surface area contributed by atoms with Crippen molar-refractivity contribution in [2.75, 3.05) is 13.7 Å². The number of hydrogen-bond acceptors (Lipinski definition) is 6. The predicted octanol–water partition coefficient (Wildman–Crippen LogP) is 3.94. The van der Waals surface area contributed by atoms with E-state index in [1.54, 1.807) is 24.4 Å². The molecule has 166 valence electrons. The predicted molar refractivity (Wildman–Crippen MR) is 120 cm³/mol. The van der Waals surface area contributed by atoms with Crippen LogP contribution in [-0.4, -0.2) is 41.1 Å². The van der Waals surface area contributed by atoms with Crippen LogP contribution in [0.5, 0.6) is 5.75 Å². The summed E-state index contributed by atoms with van der Waals surface area (Å²) < 4.78 is 5.26. The van der Waals surface area contributed by atoms with E-state index in [4.69, 9.17) is 9.94 Å². The van der Waals surface area contributed by atoms with E-state index in [0.29, 0.717) is 6.42 Å². The van der Waals surface area contributed by atoms with Gasteiger partial charge in [0.25, 0.3) is 0 Å². The van der Waals surface area contributed by atoms with Crippen molar-refractivity contribution in [1.82, 2.24) is 15.7 Å². The number of hydrogen-bond donors (Lipinski definition) is 3. The fraction of sp³-hybridized carbons (Fsp3) is 0.545. The van der Waals surface area contributed by atoms with Crippen molar-refractivity contribution in [3.8, 4) is 5.75 Å². The SMILES string of the molecule is COc1ccc(C2=C(C)N(CCCCCCC(=O)NO)C(NC(=O)C(C)C)S2)cc1. The van der Waals surface area contributed by atoms with Crippen LogP contribution < -0.4 is 15.5 Å². The number of amides is 2. The number of ether oxygens (including phenoxy) is 1. The molecule has 1 aliphatic rings. The van der Waals surface area contributed by atoms with Crippen molar-refractivity contribution < 1.29 is 19.5 Å². The Hall–Kier alpha value is -2.19. The zero-order chi connectivity index (χ0) is 22.1. The molecular formula is C22H33N3O4S. The number of benzene rings is 1. The van der Waals surface area contributed by atoms with Gasteiger partial charge in [-0.1, -0.05) is 50.6 Å². The summed E-state index contributed by atoms with van der Waals surface area (Å²) in [4.78, 5) is 26.8. The number of carbonyl (C=O) groups excluding carboxylic acids is 2. The van der Waals surface area contributed by atoms with Crippen molar-refractivity contribution in [2.24, 2.45) is 5.92 Å². The Morgan fingerprint density at radius 2 is 1.83 bits per heavy atom. The molecule has 2 amide bonds. The van der Waals surface area contributed by atoms with Gasteiger partial charge >= 0.3 is 0 Å². The number of nitrogens with zero attached hydrogens (tertiary/aromatic N) is 1. The Morgan fingerprint density at radius 3 is 2.43 bits per heavy atom. The second kappa shape index (κ2) is 11.9. The molecule has 1 aliphatic heterocycles. The number of nitrogens with one attached hydrogen (secondary N) is 2. The third-order valence-corrected chi connectivity index (χ3v) is 6.45. The molecule has 1 aromatic carbocycles. The molecule has 8 heteroatoms. The molecule has 0 aliphatic carbocycles.